The van der Waals surface area contributed by atoms with Gasteiger partial charge in [0.25, 0.3) is 5.91 Å². The summed E-state index contributed by atoms with van der Waals surface area (Å²) in [5, 5.41) is 3.00. The highest BCUT2D eigenvalue weighted by Gasteiger charge is 2.14. The molecule has 0 bridgehead atoms. The first-order valence-corrected chi connectivity index (χ1v) is 6.93. The molecule has 0 fully saturated rings. The van der Waals surface area contributed by atoms with E-state index in [9.17, 15) is 4.79 Å². The van der Waals surface area contributed by atoms with Crippen molar-refractivity contribution in [2.45, 2.75) is 20.3 Å². The molecule has 3 heteroatoms. The molecule has 102 valence electrons. The highest BCUT2D eigenvalue weighted by Crippen LogP contribution is 2.11. The maximum atomic E-state index is 12.0. The lowest BCUT2D eigenvalue weighted by Gasteiger charge is -2.27. The summed E-state index contributed by atoms with van der Waals surface area (Å²) in [5.41, 5.74) is 1.77. The number of benzene rings is 1. The Balaban J connectivity index is 1.88. The lowest BCUT2D eigenvalue weighted by molar-refractivity contribution is 0.0962. The van der Waals surface area contributed by atoms with E-state index in [1.54, 1.807) is 0 Å². The fraction of sp³-hybridized carbons (Fsp3) is 0.438. The molecule has 1 aliphatic rings. The van der Waals surface area contributed by atoms with Gasteiger partial charge < -0.3 is 5.32 Å². The number of carbonyl (C=O) groups is 1. The zero-order chi connectivity index (χ0) is 13.7. The third-order valence-corrected chi connectivity index (χ3v) is 3.23. The lowest BCUT2D eigenvalue weighted by Crippen LogP contribution is -2.35. The van der Waals surface area contributed by atoms with E-state index in [4.69, 9.17) is 0 Å². The number of hydrogen-bond acceptors (Lipinski definition) is 2. The fourth-order valence-electron chi connectivity index (χ4n) is 2.31. The van der Waals surface area contributed by atoms with Gasteiger partial charge in [-0.2, -0.15) is 0 Å². The van der Waals surface area contributed by atoms with Crippen molar-refractivity contribution >= 4 is 5.91 Å². The largest absolute Gasteiger partial charge is 0.326 e. The van der Waals surface area contributed by atoms with Gasteiger partial charge >= 0.3 is 0 Å². The SMILES string of the molecule is CC(C)CN1CC=C(NC(=O)c2ccccc2)CC1. The van der Waals surface area contributed by atoms with Gasteiger partial charge in [0.15, 0.2) is 0 Å². The molecule has 0 saturated carbocycles. The highest BCUT2D eigenvalue weighted by atomic mass is 16.1. The van der Waals surface area contributed by atoms with Crippen molar-refractivity contribution < 1.29 is 4.79 Å². The van der Waals surface area contributed by atoms with E-state index >= 15 is 0 Å². The third-order valence-electron chi connectivity index (χ3n) is 3.23. The molecule has 1 heterocycles. The summed E-state index contributed by atoms with van der Waals surface area (Å²) >= 11 is 0. The standard InChI is InChI=1S/C16H22N2O/c1-13(2)12-18-10-8-15(9-11-18)17-16(19)14-6-4-3-5-7-14/h3-8,13H,9-12H2,1-2H3,(H,17,19). The van der Waals surface area contributed by atoms with Gasteiger partial charge in [-0.3, -0.25) is 9.69 Å². The van der Waals surface area contributed by atoms with Crippen LogP contribution in [-0.4, -0.2) is 30.4 Å². The normalized spacial score (nSPS) is 16.3. The Morgan fingerprint density at radius 2 is 2.05 bits per heavy atom. The fourth-order valence-corrected chi connectivity index (χ4v) is 2.31. The van der Waals surface area contributed by atoms with Gasteiger partial charge in [-0.25, -0.2) is 0 Å². The van der Waals surface area contributed by atoms with Crippen LogP contribution in [0.2, 0.25) is 0 Å². The molecule has 0 aliphatic carbocycles. The molecule has 2 rings (SSSR count). The summed E-state index contributed by atoms with van der Waals surface area (Å²) in [6.07, 6.45) is 3.05. The van der Waals surface area contributed by atoms with Crippen LogP contribution < -0.4 is 5.32 Å². The second-order valence-corrected chi connectivity index (χ2v) is 5.45. The van der Waals surface area contributed by atoms with Crippen LogP contribution in [0.15, 0.2) is 42.1 Å². The predicted molar refractivity (Wildman–Crippen MR) is 77.9 cm³/mol. The second kappa shape index (κ2) is 6.53. The van der Waals surface area contributed by atoms with E-state index < -0.39 is 0 Å². The van der Waals surface area contributed by atoms with E-state index in [2.05, 4.69) is 30.1 Å². The zero-order valence-electron chi connectivity index (χ0n) is 11.7. The Morgan fingerprint density at radius 3 is 2.63 bits per heavy atom. The lowest BCUT2D eigenvalue weighted by atomic mass is 10.1. The molecular weight excluding hydrogens is 236 g/mol. The number of nitrogens with zero attached hydrogens (tertiary/aromatic N) is 1. The summed E-state index contributed by atoms with van der Waals surface area (Å²) in [6.45, 7) is 7.55. The molecular formula is C16H22N2O. The molecule has 1 N–H and O–H groups in total. The van der Waals surface area contributed by atoms with Crippen molar-refractivity contribution in [1.29, 1.82) is 0 Å². The van der Waals surface area contributed by atoms with Gasteiger partial charge in [0.1, 0.15) is 0 Å². The van der Waals surface area contributed by atoms with E-state index in [0.29, 0.717) is 11.5 Å². The molecule has 1 aromatic rings. The Hall–Kier alpha value is -1.61. The summed E-state index contributed by atoms with van der Waals surface area (Å²) < 4.78 is 0. The topological polar surface area (TPSA) is 32.3 Å². The minimum atomic E-state index is -0.0100. The Kier molecular flexibility index (Phi) is 4.74. The summed E-state index contributed by atoms with van der Waals surface area (Å²) in [7, 11) is 0. The summed E-state index contributed by atoms with van der Waals surface area (Å²) in [5.74, 6) is 0.679. The maximum absolute atomic E-state index is 12.0. The number of hydrogen-bond donors (Lipinski definition) is 1. The molecule has 19 heavy (non-hydrogen) atoms. The first kappa shape index (κ1) is 13.8. The number of amides is 1. The minimum Gasteiger partial charge on any atom is -0.326 e. The average Bonchev–Trinajstić information content (AvgIpc) is 2.41. The van der Waals surface area contributed by atoms with Crippen LogP contribution in [0.25, 0.3) is 0 Å². The third kappa shape index (κ3) is 4.21. The zero-order valence-corrected chi connectivity index (χ0v) is 11.7. The molecule has 3 nitrogen and oxygen atoms in total. The van der Waals surface area contributed by atoms with Gasteiger partial charge in [0.05, 0.1) is 0 Å². The molecule has 1 aromatic carbocycles. The quantitative estimate of drug-likeness (QED) is 0.900. The van der Waals surface area contributed by atoms with Crippen molar-refractivity contribution in [2.75, 3.05) is 19.6 Å². The Labute approximate surface area is 115 Å². The average molecular weight is 258 g/mol. The van der Waals surface area contributed by atoms with Crippen LogP contribution in [0.3, 0.4) is 0 Å². The van der Waals surface area contributed by atoms with Gasteiger partial charge in [0, 0.05) is 37.3 Å². The van der Waals surface area contributed by atoms with Gasteiger partial charge in [-0.1, -0.05) is 38.1 Å². The Morgan fingerprint density at radius 1 is 1.32 bits per heavy atom. The molecule has 1 aliphatic heterocycles. The summed E-state index contributed by atoms with van der Waals surface area (Å²) in [6, 6.07) is 9.36. The van der Waals surface area contributed by atoms with Crippen LogP contribution in [0.4, 0.5) is 0 Å². The maximum Gasteiger partial charge on any atom is 0.255 e. The molecule has 0 unspecified atom stereocenters. The van der Waals surface area contributed by atoms with Crippen molar-refractivity contribution in [2.24, 2.45) is 5.92 Å². The number of nitrogens with one attached hydrogen (secondary N) is 1. The molecule has 1 amide bonds. The molecule has 0 atom stereocenters. The minimum absolute atomic E-state index is 0.0100. The van der Waals surface area contributed by atoms with Crippen molar-refractivity contribution in [3.63, 3.8) is 0 Å². The van der Waals surface area contributed by atoms with Gasteiger partial charge in [0.2, 0.25) is 0 Å². The van der Waals surface area contributed by atoms with Crippen molar-refractivity contribution in [3.8, 4) is 0 Å². The van der Waals surface area contributed by atoms with Gasteiger partial charge in [-0.05, 0) is 18.1 Å². The van der Waals surface area contributed by atoms with E-state index in [-0.39, 0.29) is 5.91 Å². The van der Waals surface area contributed by atoms with E-state index in [0.717, 1.165) is 31.8 Å². The van der Waals surface area contributed by atoms with Crippen LogP contribution in [-0.2, 0) is 0 Å². The highest BCUT2D eigenvalue weighted by molar-refractivity contribution is 5.95. The predicted octanol–water partition coefficient (Wildman–Crippen LogP) is 2.66. The van der Waals surface area contributed by atoms with Crippen molar-refractivity contribution in [3.05, 3.63) is 47.7 Å². The first-order valence-electron chi connectivity index (χ1n) is 6.93. The molecule has 0 saturated heterocycles. The number of rotatable bonds is 4. The van der Waals surface area contributed by atoms with Crippen LogP contribution in [0.1, 0.15) is 30.6 Å². The molecule has 0 radical (unpaired) electrons. The van der Waals surface area contributed by atoms with Crippen LogP contribution >= 0.6 is 0 Å². The van der Waals surface area contributed by atoms with Gasteiger partial charge in [-0.15, -0.1) is 0 Å². The molecule has 0 spiro atoms. The van der Waals surface area contributed by atoms with E-state index in [1.807, 2.05) is 30.3 Å². The molecule has 0 aromatic heterocycles. The van der Waals surface area contributed by atoms with Crippen molar-refractivity contribution in [1.82, 2.24) is 10.2 Å². The first-order chi connectivity index (χ1) is 9.15. The smallest absolute Gasteiger partial charge is 0.255 e. The summed E-state index contributed by atoms with van der Waals surface area (Å²) in [4.78, 5) is 14.4. The number of carbonyl (C=O) groups excluding carboxylic acids is 1. The Bertz CT molecular complexity index is 451. The second-order valence-electron chi connectivity index (χ2n) is 5.45. The van der Waals surface area contributed by atoms with Crippen LogP contribution in [0, 0.1) is 5.92 Å². The van der Waals surface area contributed by atoms with Crippen LogP contribution in [0.5, 0.6) is 0 Å². The monoisotopic (exact) mass is 258 g/mol. The van der Waals surface area contributed by atoms with E-state index in [1.165, 1.54) is 0 Å².